The van der Waals surface area contributed by atoms with Crippen molar-refractivity contribution in [3.05, 3.63) is 47.2 Å². The van der Waals surface area contributed by atoms with Crippen molar-refractivity contribution in [2.75, 3.05) is 31.1 Å². The number of carbonyl (C=O) groups is 2. The van der Waals surface area contributed by atoms with Gasteiger partial charge in [0, 0.05) is 37.0 Å². The average molecular weight is 449 g/mol. The highest BCUT2D eigenvalue weighted by Crippen LogP contribution is 2.34. The van der Waals surface area contributed by atoms with Crippen molar-refractivity contribution in [3.63, 3.8) is 0 Å². The molecule has 0 aromatic carbocycles. The predicted octanol–water partition coefficient (Wildman–Crippen LogP) is 2.81. The second kappa shape index (κ2) is 9.55. The van der Waals surface area contributed by atoms with Crippen LogP contribution in [0, 0.1) is 6.92 Å². The number of hydrogen-bond acceptors (Lipinski definition) is 6. The number of aromatic nitrogens is 3. The summed E-state index contributed by atoms with van der Waals surface area (Å²) in [4.78, 5) is 46.1. The minimum atomic E-state index is 0.00281. The van der Waals surface area contributed by atoms with Crippen LogP contribution in [0.5, 0.6) is 0 Å². The molecule has 5 rings (SSSR count). The van der Waals surface area contributed by atoms with Crippen LogP contribution < -0.4 is 4.90 Å². The van der Waals surface area contributed by atoms with Gasteiger partial charge in [0.2, 0.25) is 11.8 Å². The summed E-state index contributed by atoms with van der Waals surface area (Å²) in [5, 5.41) is 0. The normalized spacial score (nSPS) is 21.4. The average Bonchev–Trinajstić information content (AvgIpc) is 3.37. The number of hydrogen-bond donors (Lipinski definition) is 0. The molecule has 174 valence electrons. The maximum Gasteiger partial charge on any atom is 0.236 e. The lowest BCUT2D eigenvalue weighted by Gasteiger charge is -2.36. The summed E-state index contributed by atoms with van der Waals surface area (Å²) in [5.74, 6) is 1.74. The molecule has 0 spiro atoms. The second-order valence-corrected chi connectivity index (χ2v) is 9.34. The number of amides is 2. The van der Waals surface area contributed by atoms with Gasteiger partial charge in [-0.3, -0.25) is 24.4 Å². The van der Waals surface area contributed by atoms with Crippen molar-refractivity contribution in [2.45, 2.75) is 64.5 Å². The molecule has 0 N–H and O–H groups in total. The Kier molecular flexibility index (Phi) is 6.35. The molecular formula is C25H32N6O2. The fraction of sp³-hybridized carbons (Fsp3) is 0.560. The van der Waals surface area contributed by atoms with Crippen molar-refractivity contribution in [3.8, 4) is 0 Å². The smallest absolute Gasteiger partial charge is 0.236 e. The molecule has 2 fully saturated rings. The number of nitrogens with zero attached hydrogens (tertiary/aromatic N) is 6. The first-order valence-corrected chi connectivity index (χ1v) is 12.2. The summed E-state index contributed by atoms with van der Waals surface area (Å²) in [6.45, 7) is 5.46. The second-order valence-electron chi connectivity index (χ2n) is 9.34. The third-order valence-electron chi connectivity index (χ3n) is 7.11. The number of rotatable bonds is 5. The summed E-state index contributed by atoms with van der Waals surface area (Å²) in [6.07, 6.45) is 8.18. The molecule has 0 radical (unpaired) electrons. The highest BCUT2D eigenvalue weighted by molar-refractivity contribution is 5.95. The first-order chi connectivity index (χ1) is 16.1. The molecule has 3 aliphatic heterocycles. The highest BCUT2D eigenvalue weighted by atomic mass is 16.2. The summed E-state index contributed by atoms with van der Waals surface area (Å²) >= 11 is 0. The van der Waals surface area contributed by atoms with Crippen LogP contribution in [0.15, 0.2) is 24.4 Å². The molecule has 5 heterocycles. The van der Waals surface area contributed by atoms with E-state index < -0.39 is 0 Å². The van der Waals surface area contributed by atoms with Gasteiger partial charge in [-0.15, -0.1) is 0 Å². The first kappa shape index (κ1) is 21.9. The Morgan fingerprint density at radius 3 is 2.67 bits per heavy atom. The summed E-state index contributed by atoms with van der Waals surface area (Å²) < 4.78 is 0. The Morgan fingerprint density at radius 2 is 1.88 bits per heavy atom. The maximum atomic E-state index is 12.9. The number of piperidine rings is 1. The number of likely N-dealkylation sites (tertiary alicyclic amines) is 2. The van der Waals surface area contributed by atoms with E-state index in [1.54, 1.807) is 11.1 Å². The lowest BCUT2D eigenvalue weighted by Crippen LogP contribution is -2.43. The molecule has 0 unspecified atom stereocenters. The molecule has 2 amide bonds. The van der Waals surface area contributed by atoms with Gasteiger partial charge in [0.1, 0.15) is 11.6 Å². The van der Waals surface area contributed by atoms with Gasteiger partial charge in [-0.1, -0.05) is 12.5 Å². The van der Waals surface area contributed by atoms with E-state index in [0.29, 0.717) is 25.9 Å². The fourth-order valence-electron chi connectivity index (χ4n) is 5.28. The van der Waals surface area contributed by atoms with Crippen LogP contribution in [-0.4, -0.2) is 62.7 Å². The third-order valence-corrected chi connectivity index (χ3v) is 7.11. The number of fused-ring (bicyclic) bond motifs is 1. The number of aryl methyl sites for hydroxylation is 1. The lowest BCUT2D eigenvalue weighted by atomic mass is 9.99. The zero-order valence-electron chi connectivity index (χ0n) is 19.4. The Bertz CT molecular complexity index is 1020. The van der Waals surface area contributed by atoms with Crippen LogP contribution in [0.4, 0.5) is 5.82 Å². The number of pyridine rings is 1. The van der Waals surface area contributed by atoms with E-state index in [1.165, 1.54) is 0 Å². The van der Waals surface area contributed by atoms with Gasteiger partial charge >= 0.3 is 0 Å². The van der Waals surface area contributed by atoms with Gasteiger partial charge < -0.3 is 4.90 Å². The van der Waals surface area contributed by atoms with Crippen molar-refractivity contribution in [1.29, 1.82) is 0 Å². The molecule has 8 nitrogen and oxygen atoms in total. The third kappa shape index (κ3) is 4.62. The van der Waals surface area contributed by atoms with Gasteiger partial charge in [-0.2, -0.15) is 0 Å². The molecule has 1 atom stereocenters. The zero-order chi connectivity index (χ0) is 22.8. The standard InChI is InChI=1S/C25H32N6O2/c1-18-20-10-11-22(32)31(16-19-8-2-4-12-26-19)25(20)28-24(27-18)21-9-3-5-15-30(21)17-23(33)29-13-6-7-14-29/h2,4,8,12,21H,3,5-7,9-11,13-17H2,1H3/t21-/m1/s1. The van der Waals surface area contributed by atoms with Gasteiger partial charge in [-0.25, -0.2) is 9.97 Å². The molecule has 8 heteroatoms. The van der Waals surface area contributed by atoms with Crippen LogP contribution in [0.2, 0.25) is 0 Å². The molecule has 2 aromatic rings. The summed E-state index contributed by atoms with van der Waals surface area (Å²) in [7, 11) is 0. The topological polar surface area (TPSA) is 82.5 Å². The Labute approximate surface area is 195 Å². The SMILES string of the molecule is Cc1nc([C@H]2CCCCN2CC(=O)N2CCCC2)nc2c1CCC(=O)N2Cc1ccccn1. The molecule has 2 saturated heterocycles. The molecular weight excluding hydrogens is 416 g/mol. The number of carbonyl (C=O) groups excluding carboxylic acids is 2. The molecule has 0 bridgehead atoms. The van der Waals surface area contributed by atoms with E-state index in [2.05, 4.69) is 9.88 Å². The van der Waals surface area contributed by atoms with E-state index in [9.17, 15) is 9.59 Å². The predicted molar refractivity (Wildman–Crippen MR) is 124 cm³/mol. The van der Waals surface area contributed by atoms with Gasteiger partial charge in [0.15, 0.2) is 0 Å². The molecule has 3 aliphatic rings. The van der Waals surface area contributed by atoms with E-state index in [0.717, 1.165) is 80.3 Å². The lowest BCUT2D eigenvalue weighted by molar-refractivity contribution is -0.132. The number of anilines is 1. The van der Waals surface area contributed by atoms with Crippen LogP contribution in [0.25, 0.3) is 0 Å². The fourth-order valence-corrected chi connectivity index (χ4v) is 5.28. The van der Waals surface area contributed by atoms with Gasteiger partial charge in [0.25, 0.3) is 0 Å². The summed E-state index contributed by atoms with van der Waals surface area (Å²) in [5.41, 5.74) is 2.82. The van der Waals surface area contributed by atoms with E-state index in [-0.39, 0.29) is 17.9 Å². The Hall–Kier alpha value is -2.87. The Balaban J connectivity index is 1.43. The van der Waals surface area contributed by atoms with Crippen LogP contribution in [0.3, 0.4) is 0 Å². The zero-order valence-corrected chi connectivity index (χ0v) is 19.4. The van der Waals surface area contributed by atoms with Crippen molar-refractivity contribution in [1.82, 2.24) is 24.8 Å². The molecule has 0 saturated carbocycles. The maximum absolute atomic E-state index is 12.9. The van der Waals surface area contributed by atoms with Crippen LogP contribution in [0.1, 0.15) is 67.3 Å². The minimum Gasteiger partial charge on any atom is -0.342 e. The summed E-state index contributed by atoms with van der Waals surface area (Å²) in [6, 6.07) is 5.75. The van der Waals surface area contributed by atoms with E-state index in [4.69, 9.17) is 9.97 Å². The van der Waals surface area contributed by atoms with Crippen molar-refractivity contribution >= 4 is 17.6 Å². The highest BCUT2D eigenvalue weighted by Gasteiger charge is 2.33. The van der Waals surface area contributed by atoms with Crippen molar-refractivity contribution in [2.24, 2.45) is 0 Å². The largest absolute Gasteiger partial charge is 0.342 e. The Morgan fingerprint density at radius 1 is 1.06 bits per heavy atom. The first-order valence-electron chi connectivity index (χ1n) is 12.2. The molecule has 33 heavy (non-hydrogen) atoms. The molecule has 0 aliphatic carbocycles. The van der Waals surface area contributed by atoms with E-state index in [1.807, 2.05) is 30.0 Å². The van der Waals surface area contributed by atoms with E-state index >= 15 is 0 Å². The quantitative estimate of drug-likeness (QED) is 0.700. The van der Waals surface area contributed by atoms with Gasteiger partial charge in [-0.05, 0) is 57.7 Å². The van der Waals surface area contributed by atoms with Crippen LogP contribution >= 0.6 is 0 Å². The minimum absolute atomic E-state index is 0.00281. The van der Waals surface area contributed by atoms with Crippen LogP contribution in [-0.2, 0) is 22.6 Å². The monoisotopic (exact) mass is 448 g/mol. The van der Waals surface area contributed by atoms with Crippen molar-refractivity contribution < 1.29 is 9.59 Å². The van der Waals surface area contributed by atoms with Gasteiger partial charge in [0.05, 0.1) is 24.8 Å². The molecule has 2 aromatic heterocycles.